The fraction of sp³-hybridized carbons (Fsp3) is 0.100. The first-order chi connectivity index (χ1) is 14.0. The lowest BCUT2D eigenvalue weighted by atomic mass is 10.1. The average Bonchev–Trinajstić information content (AvgIpc) is 3.27. The van der Waals surface area contributed by atoms with Crippen molar-refractivity contribution >= 4 is 59.4 Å². The van der Waals surface area contributed by atoms with Gasteiger partial charge in [0.05, 0.1) is 31.5 Å². The fourth-order valence-electron chi connectivity index (χ4n) is 3.35. The highest BCUT2D eigenvalue weighted by molar-refractivity contribution is 7.95. The zero-order valence-electron chi connectivity index (χ0n) is 15.1. The lowest BCUT2D eigenvalue weighted by molar-refractivity contribution is 0.288. The summed E-state index contributed by atoms with van der Waals surface area (Å²) in [7, 11) is -3.58. The van der Waals surface area contributed by atoms with E-state index in [4.69, 9.17) is 10.5 Å². The third-order valence-corrected chi connectivity index (χ3v) is 6.95. The summed E-state index contributed by atoms with van der Waals surface area (Å²) in [5.41, 5.74) is 11.0. The Morgan fingerprint density at radius 1 is 1.10 bits per heavy atom. The molecule has 0 fully saturated rings. The minimum absolute atomic E-state index is 0.211. The van der Waals surface area contributed by atoms with E-state index in [0.717, 1.165) is 27.0 Å². The molecular formula is C20H16N4O3S2. The van der Waals surface area contributed by atoms with Gasteiger partial charge in [-0.2, -0.15) is 0 Å². The largest absolute Gasteiger partial charge is 0.491 e. The predicted octanol–water partition coefficient (Wildman–Crippen LogP) is 3.65. The summed E-state index contributed by atoms with van der Waals surface area (Å²) in [4.78, 5) is 8.96. The molecule has 29 heavy (non-hydrogen) atoms. The molecule has 0 unspecified atom stereocenters. The van der Waals surface area contributed by atoms with Gasteiger partial charge in [0.2, 0.25) is 9.84 Å². The molecule has 4 aromatic rings. The Morgan fingerprint density at radius 2 is 2.00 bits per heavy atom. The van der Waals surface area contributed by atoms with Gasteiger partial charge in [-0.15, -0.1) is 11.3 Å². The number of hydrogen-bond acceptors (Lipinski definition) is 8. The summed E-state index contributed by atoms with van der Waals surface area (Å²) < 4.78 is 31.9. The summed E-state index contributed by atoms with van der Waals surface area (Å²) in [5.74, 6) is 0.307. The van der Waals surface area contributed by atoms with Crippen molar-refractivity contribution in [3.05, 3.63) is 59.1 Å². The fourth-order valence-corrected chi connectivity index (χ4v) is 5.36. The van der Waals surface area contributed by atoms with Crippen LogP contribution in [0.5, 0.6) is 0 Å². The van der Waals surface area contributed by atoms with Gasteiger partial charge < -0.3 is 15.8 Å². The third-order valence-electron chi connectivity index (χ3n) is 4.66. The molecular weight excluding hydrogens is 408 g/mol. The Morgan fingerprint density at radius 3 is 2.86 bits per heavy atom. The molecule has 0 bridgehead atoms. The number of aromatic nitrogens is 2. The molecule has 3 heterocycles. The number of benzene rings is 2. The van der Waals surface area contributed by atoms with Crippen molar-refractivity contribution in [2.24, 2.45) is 5.73 Å². The molecule has 0 atom stereocenters. The molecule has 5 rings (SSSR count). The van der Waals surface area contributed by atoms with Crippen molar-refractivity contribution in [3.63, 3.8) is 0 Å². The summed E-state index contributed by atoms with van der Waals surface area (Å²) in [5, 5.41) is 5.22. The van der Waals surface area contributed by atoms with Gasteiger partial charge in [-0.05, 0) is 36.4 Å². The van der Waals surface area contributed by atoms with Crippen LogP contribution in [0.25, 0.3) is 26.9 Å². The minimum Gasteiger partial charge on any atom is -0.491 e. The number of rotatable bonds is 5. The van der Waals surface area contributed by atoms with E-state index in [2.05, 4.69) is 15.3 Å². The van der Waals surface area contributed by atoms with Gasteiger partial charge in [0.15, 0.2) is 0 Å². The van der Waals surface area contributed by atoms with Crippen molar-refractivity contribution in [2.75, 3.05) is 18.5 Å². The van der Waals surface area contributed by atoms with Crippen LogP contribution < -0.4 is 11.1 Å². The van der Waals surface area contributed by atoms with Gasteiger partial charge >= 0.3 is 0 Å². The van der Waals surface area contributed by atoms with Crippen LogP contribution in [0.1, 0.15) is 5.56 Å². The molecule has 0 saturated carbocycles. The van der Waals surface area contributed by atoms with Crippen LogP contribution >= 0.6 is 11.3 Å². The molecule has 0 saturated heterocycles. The smallest absolute Gasteiger partial charge is 0.204 e. The normalized spacial score (nSPS) is 14.7. The number of pyridine rings is 1. The van der Waals surface area contributed by atoms with Crippen molar-refractivity contribution < 1.29 is 13.2 Å². The Kier molecular flexibility index (Phi) is 4.23. The summed E-state index contributed by atoms with van der Waals surface area (Å²) in [6, 6.07) is 11.1. The van der Waals surface area contributed by atoms with E-state index in [1.165, 1.54) is 0 Å². The average molecular weight is 425 g/mol. The molecule has 7 nitrogen and oxygen atoms in total. The van der Waals surface area contributed by atoms with Crippen molar-refractivity contribution in [3.8, 4) is 0 Å². The van der Waals surface area contributed by atoms with E-state index in [9.17, 15) is 8.42 Å². The predicted molar refractivity (Wildman–Crippen MR) is 115 cm³/mol. The number of ether oxygens (including phenoxy) is 1. The first-order valence-corrected chi connectivity index (χ1v) is 11.3. The highest BCUT2D eigenvalue weighted by Crippen LogP contribution is 2.38. The van der Waals surface area contributed by atoms with E-state index in [1.807, 2.05) is 29.8 Å². The van der Waals surface area contributed by atoms with Crippen LogP contribution in [0.2, 0.25) is 0 Å². The summed E-state index contributed by atoms with van der Waals surface area (Å²) in [6.07, 6.45) is 1.69. The van der Waals surface area contributed by atoms with E-state index in [-0.39, 0.29) is 11.5 Å². The third kappa shape index (κ3) is 3.13. The van der Waals surface area contributed by atoms with E-state index < -0.39 is 9.84 Å². The summed E-state index contributed by atoms with van der Waals surface area (Å²) in [6.45, 7) is 0.545. The molecule has 2 aromatic carbocycles. The van der Waals surface area contributed by atoms with Gasteiger partial charge in [0, 0.05) is 35.1 Å². The summed E-state index contributed by atoms with van der Waals surface area (Å²) >= 11 is 1.58. The van der Waals surface area contributed by atoms with Gasteiger partial charge in [0.25, 0.3) is 0 Å². The highest BCUT2D eigenvalue weighted by Gasteiger charge is 2.29. The first-order valence-electron chi connectivity index (χ1n) is 8.88. The number of sulfone groups is 1. The molecule has 0 radical (unpaired) electrons. The Balaban J connectivity index is 1.60. The van der Waals surface area contributed by atoms with Crippen LogP contribution in [0.15, 0.2) is 58.4 Å². The number of anilines is 2. The maximum atomic E-state index is 12.6. The van der Waals surface area contributed by atoms with Crippen LogP contribution in [0.4, 0.5) is 11.4 Å². The maximum absolute atomic E-state index is 12.6. The second-order valence-corrected chi connectivity index (χ2v) is 9.20. The zero-order valence-corrected chi connectivity index (χ0v) is 16.8. The molecule has 9 heteroatoms. The van der Waals surface area contributed by atoms with E-state index in [1.54, 1.807) is 29.7 Å². The Labute approximate surface area is 170 Å². The van der Waals surface area contributed by atoms with Gasteiger partial charge in [0.1, 0.15) is 12.4 Å². The van der Waals surface area contributed by atoms with E-state index in [0.29, 0.717) is 28.8 Å². The van der Waals surface area contributed by atoms with Crippen molar-refractivity contribution in [1.82, 2.24) is 9.97 Å². The van der Waals surface area contributed by atoms with Gasteiger partial charge in [-0.1, -0.05) is 0 Å². The van der Waals surface area contributed by atoms with Crippen LogP contribution in [0.3, 0.4) is 0 Å². The lowest BCUT2D eigenvalue weighted by Gasteiger charge is -2.12. The van der Waals surface area contributed by atoms with Crippen molar-refractivity contribution in [2.45, 2.75) is 4.90 Å². The number of thiazole rings is 1. The molecule has 1 aliphatic heterocycles. The second-order valence-electron chi connectivity index (χ2n) is 6.55. The molecule has 146 valence electrons. The molecule has 2 aromatic heterocycles. The first kappa shape index (κ1) is 18.0. The number of fused-ring (bicyclic) bond motifs is 3. The molecule has 1 aliphatic rings. The molecule has 0 spiro atoms. The second kappa shape index (κ2) is 6.80. The zero-order chi connectivity index (χ0) is 20.0. The van der Waals surface area contributed by atoms with Crippen LogP contribution in [-0.4, -0.2) is 31.5 Å². The van der Waals surface area contributed by atoms with Crippen LogP contribution in [0, 0.1) is 0 Å². The van der Waals surface area contributed by atoms with Gasteiger partial charge in [-0.3, -0.25) is 4.98 Å². The highest BCUT2D eigenvalue weighted by atomic mass is 32.2. The quantitative estimate of drug-likeness (QED) is 0.503. The Hall–Kier alpha value is -3.01. The van der Waals surface area contributed by atoms with Crippen molar-refractivity contribution in [1.29, 1.82) is 0 Å². The lowest BCUT2D eigenvalue weighted by Crippen LogP contribution is -2.07. The number of nitrogens with two attached hydrogens (primary N) is 1. The SMILES string of the molecule is NCCOC1=CS(=O)(=O)c2cc3c(Nc4ccc5scnc5c4)ccnc3cc21. The number of nitrogens with zero attached hydrogens (tertiary/aromatic N) is 2. The molecule has 0 aliphatic carbocycles. The van der Waals surface area contributed by atoms with Crippen LogP contribution in [-0.2, 0) is 14.6 Å². The standard InChI is InChI=1S/C20H16N4O3S2/c21-4-6-27-18-10-29(25,26)20-9-13-15(3-5-22-16(13)8-14(18)20)24-12-1-2-19-17(7-12)23-11-28-19/h1-3,5,7-11H,4,6,21H2,(H,22,24). The van der Waals surface area contributed by atoms with Gasteiger partial charge in [-0.25, -0.2) is 13.4 Å². The maximum Gasteiger partial charge on any atom is 0.204 e. The molecule has 3 N–H and O–H groups in total. The number of nitrogens with one attached hydrogen (secondary N) is 1. The minimum atomic E-state index is -3.58. The molecule has 0 amide bonds. The topological polar surface area (TPSA) is 107 Å². The monoisotopic (exact) mass is 424 g/mol. The Bertz CT molecular complexity index is 1390. The number of hydrogen-bond donors (Lipinski definition) is 2. The van der Waals surface area contributed by atoms with E-state index >= 15 is 0 Å².